The fourth-order valence-electron chi connectivity index (χ4n) is 4.74. The Bertz CT molecular complexity index is 969. The second kappa shape index (κ2) is 18.4. The van der Waals surface area contributed by atoms with Crippen molar-refractivity contribution in [2.24, 2.45) is 0 Å². The van der Waals surface area contributed by atoms with Gasteiger partial charge in [-0.2, -0.15) is 0 Å². The molecule has 0 saturated carbocycles. The van der Waals surface area contributed by atoms with E-state index in [2.05, 4.69) is 75.4 Å². The fraction of sp³-hybridized carbons (Fsp3) is 0.455. The second-order valence-corrected chi connectivity index (χ2v) is 9.61. The number of allylic oxidation sites excluding steroid dienone is 2. The minimum atomic E-state index is 0. The summed E-state index contributed by atoms with van der Waals surface area (Å²) in [5, 5.41) is 0. The van der Waals surface area contributed by atoms with Crippen molar-refractivity contribution in [2.75, 3.05) is 0 Å². The quantitative estimate of drug-likeness (QED) is 0.0922. The standard InChI is InChI=1S/C31H42N2.2CH3.Pd/c1-4-6-8-10-11-13-17-29-24-30(33(32)31(29)28-18-14-15-25(3)23-28)27-21-19-26(20-22-27)16-12-9-7-5-2;;;/h14-15,18-24H,4-13,16-17H2,1-3H3;2*1H3;/q;2*-1;+2. The van der Waals surface area contributed by atoms with E-state index in [1.165, 1.54) is 85.6 Å². The van der Waals surface area contributed by atoms with E-state index in [9.17, 15) is 5.53 Å². The van der Waals surface area contributed by atoms with Gasteiger partial charge in [0, 0.05) is 22.8 Å². The first-order chi connectivity index (χ1) is 16.1. The summed E-state index contributed by atoms with van der Waals surface area (Å²) in [5.41, 5.74) is 19.1. The molecule has 3 rings (SSSR count). The molecule has 0 fully saturated rings. The molecule has 0 radical (unpaired) electrons. The molecule has 1 aliphatic heterocycles. The Labute approximate surface area is 236 Å². The minimum absolute atomic E-state index is 0. The summed E-state index contributed by atoms with van der Waals surface area (Å²) in [6.07, 6.45) is 17.2. The number of benzene rings is 2. The molecule has 0 unspecified atom stereocenters. The van der Waals surface area contributed by atoms with Gasteiger partial charge in [0.05, 0.1) is 0 Å². The molecule has 0 spiro atoms. The molecule has 200 valence electrons. The van der Waals surface area contributed by atoms with Crippen LogP contribution in [0, 0.1) is 21.8 Å². The Morgan fingerprint density at radius 3 is 1.92 bits per heavy atom. The topological polar surface area (TPSA) is 25.3 Å². The van der Waals surface area contributed by atoms with Crippen LogP contribution < -0.4 is 0 Å². The maximum absolute atomic E-state index is 11.3. The molecule has 0 N–H and O–H groups in total. The van der Waals surface area contributed by atoms with Gasteiger partial charge >= 0.3 is 20.4 Å². The normalized spacial score (nSPS) is 12.5. The van der Waals surface area contributed by atoms with Crippen molar-refractivity contribution >= 4 is 11.4 Å². The summed E-state index contributed by atoms with van der Waals surface area (Å²) in [5.74, 6) is 0. The van der Waals surface area contributed by atoms with E-state index in [0.717, 1.165) is 35.4 Å². The molecule has 2 aromatic rings. The monoisotopic (exact) mass is 578 g/mol. The van der Waals surface area contributed by atoms with Crippen LogP contribution >= 0.6 is 0 Å². The molecular weight excluding hydrogens is 531 g/mol. The van der Waals surface area contributed by atoms with Crippen molar-refractivity contribution in [3.05, 3.63) is 103 Å². The van der Waals surface area contributed by atoms with Gasteiger partial charge in [0.25, 0.3) is 0 Å². The largest absolute Gasteiger partial charge is 2.00 e. The zero-order valence-electron chi connectivity index (χ0n) is 23.4. The van der Waals surface area contributed by atoms with Crippen molar-refractivity contribution in [1.82, 2.24) is 0 Å². The third-order valence-corrected chi connectivity index (χ3v) is 6.71. The molecule has 0 bridgehead atoms. The molecule has 0 aliphatic carbocycles. The van der Waals surface area contributed by atoms with Gasteiger partial charge in [-0.25, -0.2) is 4.70 Å². The van der Waals surface area contributed by atoms with Gasteiger partial charge in [0.2, 0.25) is 11.4 Å². The molecule has 1 aliphatic rings. The van der Waals surface area contributed by atoms with Crippen LogP contribution in [0.4, 0.5) is 0 Å². The number of hydrogen-bond donors (Lipinski definition) is 0. The molecule has 0 amide bonds. The predicted molar refractivity (Wildman–Crippen MR) is 155 cm³/mol. The molecule has 0 aromatic heterocycles. The van der Waals surface area contributed by atoms with Crippen molar-refractivity contribution in [3.63, 3.8) is 0 Å². The van der Waals surface area contributed by atoms with Crippen LogP contribution in [0.15, 0.2) is 60.2 Å². The van der Waals surface area contributed by atoms with E-state index in [1.807, 2.05) is 0 Å². The van der Waals surface area contributed by atoms with Crippen molar-refractivity contribution in [1.29, 1.82) is 0 Å². The summed E-state index contributed by atoms with van der Waals surface area (Å²) in [7, 11) is 0. The van der Waals surface area contributed by atoms with E-state index < -0.39 is 0 Å². The van der Waals surface area contributed by atoms with E-state index in [-0.39, 0.29) is 35.3 Å². The molecular formula is C33H48N2Pd. The van der Waals surface area contributed by atoms with Gasteiger partial charge in [0.15, 0.2) is 0 Å². The minimum Gasteiger partial charge on any atom is -0.493 e. The number of aryl methyl sites for hydroxylation is 2. The van der Waals surface area contributed by atoms with Crippen molar-refractivity contribution in [3.8, 4) is 0 Å². The van der Waals surface area contributed by atoms with E-state index >= 15 is 0 Å². The van der Waals surface area contributed by atoms with Crippen LogP contribution in [0.25, 0.3) is 16.9 Å². The summed E-state index contributed by atoms with van der Waals surface area (Å²) in [6.45, 7) is 6.63. The van der Waals surface area contributed by atoms with Gasteiger partial charge in [-0.15, -0.1) is 0 Å². The first-order valence-electron chi connectivity index (χ1n) is 13.2. The van der Waals surface area contributed by atoms with E-state index in [1.54, 1.807) is 0 Å². The number of unbranched alkanes of at least 4 members (excludes halogenated alkanes) is 8. The van der Waals surface area contributed by atoms with Crippen LogP contribution in [-0.2, 0) is 26.8 Å². The summed E-state index contributed by atoms with van der Waals surface area (Å²) in [6, 6.07) is 17.3. The number of hydrogen-bond acceptors (Lipinski definition) is 0. The van der Waals surface area contributed by atoms with Gasteiger partial charge in [0.1, 0.15) is 0 Å². The Kier molecular flexibility index (Phi) is 17.5. The van der Waals surface area contributed by atoms with Crippen molar-refractivity contribution < 1.29 is 25.1 Å². The Balaban J connectivity index is 0.00000408. The molecule has 36 heavy (non-hydrogen) atoms. The summed E-state index contributed by atoms with van der Waals surface area (Å²) in [4.78, 5) is 0. The van der Waals surface area contributed by atoms with Gasteiger partial charge in [-0.3, -0.25) is 0 Å². The van der Waals surface area contributed by atoms with Gasteiger partial charge in [-0.05, 0) is 62.4 Å². The Morgan fingerprint density at radius 1 is 0.694 bits per heavy atom. The second-order valence-electron chi connectivity index (χ2n) is 9.61. The molecule has 0 atom stereocenters. The first-order valence-corrected chi connectivity index (χ1v) is 13.2. The smallest absolute Gasteiger partial charge is 0.493 e. The zero-order valence-corrected chi connectivity index (χ0v) is 24.9. The molecule has 1 heterocycles. The van der Waals surface area contributed by atoms with Gasteiger partial charge < -0.3 is 20.4 Å². The first kappa shape index (κ1) is 34.2. The molecule has 0 saturated heterocycles. The molecule has 2 nitrogen and oxygen atoms in total. The fourth-order valence-corrected chi connectivity index (χ4v) is 4.74. The van der Waals surface area contributed by atoms with E-state index in [0.29, 0.717) is 0 Å². The average Bonchev–Trinajstić information content (AvgIpc) is 3.15. The third kappa shape index (κ3) is 9.91. The SMILES string of the molecule is CCCCCCCCC1=C(c2cccc(C)c2)[N+](=[N-])C(c2ccc(CCCCCC)cc2)=C1.[CH3-].[CH3-].[Pd+2]. The van der Waals surface area contributed by atoms with Gasteiger partial charge in [-0.1, -0.05) is 95.0 Å². The average molecular weight is 579 g/mol. The van der Waals surface area contributed by atoms with Crippen LogP contribution in [0.3, 0.4) is 0 Å². The maximum atomic E-state index is 11.3. The zero-order chi connectivity index (χ0) is 23.5. The Hall–Kier alpha value is -1.82. The summed E-state index contributed by atoms with van der Waals surface area (Å²) >= 11 is 0. The molecule has 3 heteroatoms. The maximum Gasteiger partial charge on any atom is 2.00 e. The van der Waals surface area contributed by atoms with Crippen LogP contribution in [0.2, 0.25) is 0 Å². The Morgan fingerprint density at radius 2 is 1.28 bits per heavy atom. The number of rotatable bonds is 14. The summed E-state index contributed by atoms with van der Waals surface area (Å²) < 4.78 is 1.43. The molecule has 2 aromatic carbocycles. The van der Waals surface area contributed by atoms with Crippen LogP contribution in [0.1, 0.15) is 107 Å². The third-order valence-electron chi connectivity index (χ3n) is 6.71. The van der Waals surface area contributed by atoms with Crippen LogP contribution in [0.5, 0.6) is 0 Å². The van der Waals surface area contributed by atoms with Crippen LogP contribution in [-0.4, -0.2) is 4.70 Å². The predicted octanol–water partition coefficient (Wildman–Crippen LogP) is 10.6. The number of nitrogens with zero attached hydrogens (tertiary/aromatic N) is 2. The van der Waals surface area contributed by atoms with Crippen molar-refractivity contribution in [2.45, 2.75) is 97.8 Å². The van der Waals surface area contributed by atoms with E-state index in [4.69, 9.17) is 0 Å².